The fourth-order valence-electron chi connectivity index (χ4n) is 3.52. The van der Waals surface area contributed by atoms with Crippen LogP contribution in [0.3, 0.4) is 0 Å². The average Bonchev–Trinajstić information content (AvgIpc) is 3.30. The molecule has 1 aromatic carbocycles. The Labute approximate surface area is 193 Å². The molecular weight excluding hydrogens is 457 g/mol. The summed E-state index contributed by atoms with van der Waals surface area (Å²) < 4.78 is 46.4. The van der Waals surface area contributed by atoms with E-state index in [1.807, 2.05) is 0 Å². The first kappa shape index (κ1) is 24.8. The van der Waals surface area contributed by atoms with E-state index < -0.39 is 18.2 Å². The lowest BCUT2D eigenvalue weighted by Gasteiger charge is -2.31. The summed E-state index contributed by atoms with van der Waals surface area (Å²) >= 11 is 0. The highest BCUT2D eigenvalue weighted by Gasteiger charge is 2.31. The third kappa shape index (κ3) is 7.95. The van der Waals surface area contributed by atoms with E-state index in [0.717, 1.165) is 17.8 Å². The monoisotopic (exact) mass is 480 g/mol. The summed E-state index contributed by atoms with van der Waals surface area (Å²) in [5.41, 5.74) is 0.938. The van der Waals surface area contributed by atoms with Crippen molar-refractivity contribution in [1.29, 1.82) is 5.26 Å². The Morgan fingerprint density at radius 2 is 2.03 bits per heavy atom. The van der Waals surface area contributed by atoms with Crippen molar-refractivity contribution < 1.29 is 32.2 Å². The summed E-state index contributed by atoms with van der Waals surface area (Å²) in [4.78, 5) is 25.9. The van der Waals surface area contributed by atoms with Gasteiger partial charge in [-0.3, -0.25) is 4.79 Å². The third-order valence-corrected chi connectivity index (χ3v) is 5.11. The molecule has 0 bridgehead atoms. The highest BCUT2D eigenvalue weighted by atomic mass is 19.4. The number of hydrogen-bond donors (Lipinski definition) is 2. The van der Waals surface area contributed by atoms with Crippen LogP contribution in [0.2, 0.25) is 0 Å². The number of aryl methyl sites for hydroxylation is 1. The maximum Gasteiger partial charge on any atom is 0.573 e. The van der Waals surface area contributed by atoms with Crippen LogP contribution in [0.15, 0.2) is 24.4 Å². The smallest absolute Gasteiger partial charge is 0.445 e. The summed E-state index contributed by atoms with van der Waals surface area (Å²) in [6, 6.07) is 5.02. The summed E-state index contributed by atoms with van der Waals surface area (Å²) in [7, 11) is 0. The van der Waals surface area contributed by atoms with Crippen molar-refractivity contribution in [2.45, 2.75) is 51.1 Å². The van der Waals surface area contributed by atoms with Crippen molar-refractivity contribution in [3.63, 3.8) is 0 Å². The van der Waals surface area contributed by atoms with Gasteiger partial charge in [-0.05, 0) is 49.4 Å². The van der Waals surface area contributed by atoms with E-state index in [-0.39, 0.29) is 29.7 Å². The molecule has 0 atom stereocenters. The fourth-order valence-corrected chi connectivity index (χ4v) is 3.52. The molecule has 2 amide bonds. The second kappa shape index (κ2) is 11.4. The predicted molar refractivity (Wildman–Crippen MR) is 110 cm³/mol. The number of likely N-dealkylation sites (tertiary alicyclic amines) is 1. The molecule has 0 unspecified atom stereocenters. The van der Waals surface area contributed by atoms with Crippen molar-refractivity contribution in [2.24, 2.45) is 0 Å². The molecular formula is C21H23F3N6O4. The van der Waals surface area contributed by atoms with Crippen LogP contribution < -0.4 is 10.1 Å². The number of nitriles is 1. The third-order valence-electron chi connectivity index (χ3n) is 5.11. The number of ether oxygens (including phenoxy) is 2. The molecule has 0 aliphatic carbocycles. The van der Waals surface area contributed by atoms with Crippen LogP contribution >= 0.6 is 0 Å². The minimum atomic E-state index is -4.90. The number of rotatable bonds is 8. The topological polar surface area (TPSA) is 133 Å². The summed E-state index contributed by atoms with van der Waals surface area (Å²) in [6.45, 7) is 0.414. The van der Waals surface area contributed by atoms with E-state index in [1.165, 1.54) is 11.0 Å². The molecule has 10 nitrogen and oxygen atoms in total. The Kier molecular flexibility index (Phi) is 8.29. The Morgan fingerprint density at radius 1 is 1.26 bits per heavy atom. The van der Waals surface area contributed by atoms with Gasteiger partial charge >= 0.3 is 12.5 Å². The second-order valence-electron chi connectivity index (χ2n) is 7.72. The molecule has 182 valence electrons. The normalized spacial score (nSPS) is 14.4. The standard InChI is InChI=1S/C21H23F3N6O4/c22-21(23,24)34-18-9-14(11-25)8-15(10-18)13-33-20(32)30-6-4-16(5-7-30)27-19(31)3-1-2-17-12-26-29-28-17/h8-10,12,16H,1-7,13H2,(H,27,31)(H,26,28,29). The molecule has 1 saturated heterocycles. The number of nitrogens with zero attached hydrogens (tertiary/aromatic N) is 4. The number of nitrogens with one attached hydrogen (secondary N) is 2. The Bertz CT molecular complexity index is 1010. The molecule has 13 heteroatoms. The number of carbonyl (C=O) groups excluding carboxylic acids is 2. The molecule has 2 heterocycles. The first-order valence-electron chi connectivity index (χ1n) is 10.6. The first-order valence-corrected chi connectivity index (χ1v) is 10.6. The van der Waals surface area contributed by atoms with Gasteiger partial charge in [0.05, 0.1) is 23.5 Å². The van der Waals surface area contributed by atoms with Crippen LogP contribution in [-0.2, 0) is 22.6 Å². The lowest BCUT2D eigenvalue weighted by Crippen LogP contribution is -2.46. The number of alkyl halides is 3. The number of benzene rings is 1. The van der Waals surface area contributed by atoms with Gasteiger partial charge in [-0.15, -0.1) is 13.2 Å². The minimum Gasteiger partial charge on any atom is -0.445 e. The second-order valence-corrected chi connectivity index (χ2v) is 7.72. The van der Waals surface area contributed by atoms with E-state index in [4.69, 9.17) is 10.00 Å². The Hall–Kier alpha value is -3.82. The molecule has 1 fully saturated rings. The largest absolute Gasteiger partial charge is 0.573 e. The van der Waals surface area contributed by atoms with Gasteiger partial charge in [0, 0.05) is 25.6 Å². The van der Waals surface area contributed by atoms with Crippen molar-refractivity contribution in [3.8, 4) is 11.8 Å². The number of aromatic nitrogens is 3. The number of amides is 2. The molecule has 0 spiro atoms. The van der Waals surface area contributed by atoms with Crippen LogP contribution in [-0.4, -0.2) is 57.8 Å². The summed E-state index contributed by atoms with van der Waals surface area (Å²) in [6.07, 6.45) is -1.16. The Balaban J connectivity index is 1.40. The number of hydrogen-bond acceptors (Lipinski definition) is 7. The zero-order chi connectivity index (χ0) is 24.6. The van der Waals surface area contributed by atoms with Crippen LogP contribution in [0.1, 0.15) is 42.5 Å². The summed E-state index contributed by atoms with van der Waals surface area (Å²) in [5.74, 6) is -0.631. The van der Waals surface area contributed by atoms with Crippen LogP contribution in [0.5, 0.6) is 5.75 Å². The van der Waals surface area contributed by atoms with Crippen LogP contribution in [0, 0.1) is 11.3 Å². The van der Waals surface area contributed by atoms with E-state index in [0.29, 0.717) is 45.2 Å². The molecule has 2 aromatic rings. The van der Waals surface area contributed by atoms with Crippen molar-refractivity contribution >= 4 is 12.0 Å². The van der Waals surface area contributed by atoms with E-state index in [1.54, 1.807) is 12.3 Å². The van der Waals surface area contributed by atoms with Gasteiger partial charge in [0.15, 0.2) is 0 Å². The van der Waals surface area contributed by atoms with Gasteiger partial charge in [0.1, 0.15) is 12.4 Å². The molecule has 2 N–H and O–H groups in total. The highest BCUT2D eigenvalue weighted by Crippen LogP contribution is 2.25. The van der Waals surface area contributed by atoms with Crippen LogP contribution in [0.4, 0.5) is 18.0 Å². The number of carbonyl (C=O) groups is 2. The SMILES string of the molecule is N#Cc1cc(COC(=O)N2CCC(NC(=O)CCCc3cn[nH]n3)CC2)cc(OC(F)(F)F)c1. The number of H-pyrrole nitrogens is 1. The average molecular weight is 480 g/mol. The minimum absolute atomic E-state index is 0.0506. The van der Waals surface area contributed by atoms with Crippen molar-refractivity contribution in [1.82, 2.24) is 25.6 Å². The maximum absolute atomic E-state index is 12.5. The zero-order valence-electron chi connectivity index (χ0n) is 18.1. The number of aromatic amines is 1. The highest BCUT2D eigenvalue weighted by molar-refractivity contribution is 5.76. The van der Waals surface area contributed by atoms with Crippen molar-refractivity contribution in [2.75, 3.05) is 13.1 Å². The lowest BCUT2D eigenvalue weighted by atomic mass is 10.0. The fraction of sp³-hybridized carbons (Fsp3) is 0.476. The Morgan fingerprint density at radius 3 is 2.68 bits per heavy atom. The molecule has 1 aliphatic rings. The van der Waals surface area contributed by atoms with Crippen LogP contribution in [0.25, 0.3) is 0 Å². The van der Waals surface area contributed by atoms with E-state index in [9.17, 15) is 22.8 Å². The van der Waals surface area contributed by atoms with Gasteiger partial charge in [-0.2, -0.15) is 20.7 Å². The van der Waals surface area contributed by atoms with Gasteiger partial charge in [-0.1, -0.05) is 0 Å². The number of halogens is 3. The van der Waals surface area contributed by atoms with Gasteiger partial charge < -0.3 is 19.7 Å². The quantitative estimate of drug-likeness (QED) is 0.594. The number of piperidine rings is 1. The van der Waals surface area contributed by atoms with E-state index in [2.05, 4.69) is 25.5 Å². The van der Waals surface area contributed by atoms with Crippen molar-refractivity contribution in [3.05, 3.63) is 41.2 Å². The molecule has 3 rings (SSSR count). The van der Waals surface area contributed by atoms with Gasteiger partial charge in [0.25, 0.3) is 0 Å². The zero-order valence-corrected chi connectivity index (χ0v) is 18.1. The molecule has 34 heavy (non-hydrogen) atoms. The molecule has 1 aromatic heterocycles. The summed E-state index contributed by atoms with van der Waals surface area (Å²) in [5, 5.41) is 22.1. The van der Waals surface area contributed by atoms with E-state index >= 15 is 0 Å². The van der Waals surface area contributed by atoms with Gasteiger partial charge in [0.2, 0.25) is 5.91 Å². The molecule has 1 aliphatic heterocycles. The van der Waals surface area contributed by atoms with Gasteiger partial charge in [-0.25, -0.2) is 4.79 Å². The molecule has 0 saturated carbocycles. The predicted octanol–water partition coefficient (Wildman–Crippen LogP) is 2.82. The first-order chi connectivity index (χ1) is 16.2. The lowest BCUT2D eigenvalue weighted by molar-refractivity contribution is -0.274. The maximum atomic E-state index is 12.5. The molecule has 0 radical (unpaired) electrons.